The number of nitrogens with two attached hydrogens (primary N) is 1. The van der Waals surface area contributed by atoms with Crippen LogP contribution in [0.25, 0.3) is 0 Å². The predicted molar refractivity (Wildman–Crippen MR) is 122 cm³/mol. The van der Waals surface area contributed by atoms with Crippen LogP contribution in [0.4, 0.5) is 17.1 Å². The SMILES string of the molecule is COc1cc2c(cc1OCCCCCCC(=O)NO)C1=Nc3cc(N)ccc3CN1C=N2. The monoisotopic (exact) mass is 437 g/mol. The summed E-state index contributed by atoms with van der Waals surface area (Å²) in [5, 5.41) is 8.51. The molecule has 0 radical (unpaired) electrons. The van der Waals surface area contributed by atoms with Gasteiger partial charge in [-0.1, -0.05) is 18.9 Å². The summed E-state index contributed by atoms with van der Waals surface area (Å²) < 4.78 is 11.5. The van der Waals surface area contributed by atoms with E-state index in [2.05, 4.69) is 4.99 Å². The van der Waals surface area contributed by atoms with E-state index in [0.717, 1.165) is 54.0 Å². The van der Waals surface area contributed by atoms with Crippen LogP contribution in [0.3, 0.4) is 0 Å². The minimum atomic E-state index is -0.354. The Morgan fingerprint density at radius 3 is 2.81 bits per heavy atom. The number of nitrogens with zero attached hydrogens (tertiary/aromatic N) is 3. The number of fused-ring (bicyclic) bond motifs is 4. The Kier molecular flexibility index (Phi) is 6.55. The Balaban J connectivity index is 1.46. The molecule has 4 rings (SSSR count). The van der Waals surface area contributed by atoms with E-state index >= 15 is 0 Å². The lowest BCUT2D eigenvalue weighted by Crippen LogP contribution is -2.34. The van der Waals surface area contributed by atoms with E-state index in [1.807, 2.05) is 35.2 Å². The maximum Gasteiger partial charge on any atom is 0.243 e. The summed E-state index contributed by atoms with van der Waals surface area (Å²) in [6.07, 6.45) is 5.50. The number of nitrogen functional groups attached to an aromatic ring is 1. The molecule has 4 N–H and O–H groups in total. The molecule has 9 nitrogen and oxygen atoms in total. The third-order valence-electron chi connectivity index (χ3n) is 5.49. The summed E-state index contributed by atoms with van der Waals surface area (Å²) in [4.78, 5) is 22.5. The number of hydroxylamine groups is 1. The van der Waals surface area contributed by atoms with Gasteiger partial charge in [0.25, 0.3) is 0 Å². The van der Waals surface area contributed by atoms with Crippen LogP contribution in [0.5, 0.6) is 11.5 Å². The second-order valence-corrected chi connectivity index (χ2v) is 7.76. The maximum absolute atomic E-state index is 11.0. The fraction of sp³-hybridized carbons (Fsp3) is 0.348. The molecule has 32 heavy (non-hydrogen) atoms. The smallest absolute Gasteiger partial charge is 0.243 e. The lowest BCUT2D eigenvalue weighted by Gasteiger charge is -2.30. The van der Waals surface area contributed by atoms with Crippen LogP contribution in [0, 0.1) is 0 Å². The summed E-state index contributed by atoms with van der Waals surface area (Å²) in [6.45, 7) is 1.20. The minimum absolute atomic E-state index is 0.323. The lowest BCUT2D eigenvalue weighted by molar-refractivity contribution is -0.129. The van der Waals surface area contributed by atoms with Gasteiger partial charge < -0.3 is 20.1 Å². The molecule has 9 heteroatoms. The highest BCUT2D eigenvalue weighted by Gasteiger charge is 2.27. The van der Waals surface area contributed by atoms with E-state index in [9.17, 15) is 4.79 Å². The number of carbonyl (C=O) groups excluding carboxylic acids is 1. The molecule has 2 aliphatic heterocycles. The number of aliphatic imine (C=N–C) groups is 2. The fourth-order valence-electron chi connectivity index (χ4n) is 3.78. The Labute approximate surface area is 186 Å². The molecule has 0 bridgehead atoms. The number of anilines is 1. The maximum atomic E-state index is 11.0. The number of nitrogens with one attached hydrogen (secondary N) is 1. The van der Waals surface area contributed by atoms with Crippen LogP contribution in [0.15, 0.2) is 40.3 Å². The van der Waals surface area contributed by atoms with Gasteiger partial charge >= 0.3 is 0 Å². The highest BCUT2D eigenvalue weighted by molar-refractivity contribution is 6.12. The van der Waals surface area contributed by atoms with Crippen molar-refractivity contribution in [2.75, 3.05) is 19.5 Å². The number of amidine groups is 1. The predicted octanol–water partition coefficient (Wildman–Crippen LogP) is 3.68. The fourth-order valence-corrected chi connectivity index (χ4v) is 3.78. The van der Waals surface area contributed by atoms with Gasteiger partial charge in [0.15, 0.2) is 11.5 Å². The van der Waals surface area contributed by atoms with E-state index in [1.165, 1.54) is 0 Å². The Morgan fingerprint density at radius 1 is 1.16 bits per heavy atom. The quantitative estimate of drug-likeness (QED) is 0.238. The minimum Gasteiger partial charge on any atom is -0.493 e. The standard InChI is InChI=1S/C23H27N5O4/c1-31-20-12-19-17(11-21(20)32-9-5-3-2-4-6-22(29)27-30)23-26-18-10-16(24)8-7-15(18)13-28(23)14-25-19/h7-8,10-12,14,30H,2-6,9,13,24H2,1H3,(H,27,29). The van der Waals surface area contributed by atoms with Crippen LogP contribution >= 0.6 is 0 Å². The van der Waals surface area contributed by atoms with Gasteiger partial charge in [-0.2, -0.15) is 0 Å². The highest BCUT2D eigenvalue weighted by atomic mass is 16.5. The molecular formula is C23H27N5O4. The molecule has 2 heterocycles. The first-order valence-corrected chi connectivity index (χ1v) is 10.6. The van der Waals surface area contributed by atoms with E-state index in [4.69, 9.17) is 25.4 Å². The number of hydrogen-bond acceptors (Lipinski definition) is 8. The van der Waals surface area contributed by atoms with Gasteiger partial charge in [-0.05, 0) is 36.6 Å². The van der Waals surface area contributed by atoms with Crippen LogP contribution in [0.1, 0.15) is 43.2 Å². The van der Waals surface area contributed by atoms with Gasteiger partial charge in [0.2, 0.25) is 5.91 Å². The highest BCUT2D eigenvalue weighted by Crippen LogP contribution is 2.40. The lowest BCUT2D eigenvalue weighted by atomic mass is 10.0. The zero-order valence-electron chi connectivity index (χ0n) is 18.0. The molecular weight excluding hydrogens is 410 g/mol. The van der Waals surface area contributed by atoms with Crippen molar-refractivity contribution < 1.29 is 19.5 Å². The van der Waals surface area contributed by atoms with Gasteiger partial charge in [-0.15, -0.1) is 0 Å². The first kappa shape index (κ1) is 21.6. The normalized spacial score (nSPS) is 13.6. The molecule has 0 unspecified atom stereocenters. The average Bonchev–Trinajstić information content (AvgIpc) is 2.81. The van der Waals surface area contributed by atoms with Crippen molar-refractivity contribution in [2.24, 2.45) is 9.98 Å². The Bertz CT molecular complexity index is 1070. The first-order chi connectivity index (χ1) is 15.6. The number of rotatable bonds is 9. The van der Waals surface area contributed by atoms with Gasteiger partial charge in [0, 0.05) is 23.7 Å². The summed E-state index contributed by atoms with van der Waals surface area (Å²) in [5.41, 5.74) is 11.9. The average molecular weight is 438 g/mol. The molecule has 0 spiro atoms. The second-order valence-electron chi connectivity index (χ2n) is 7.76. The van der Waals surface area contributed by atoms with Crippen molar-refractivity contribution in [1.29, 1.82) is 0 Å². The second kappa shape index (κ2) is 9.69. The largest absolute Gasteiger partial charge is 0.493 e. The molecule has 0 saturated heterocycles. The van der Waals surface area contributed by atoms with Crippen LogP contribution in [-0.2, 0) is 11.3 Å². The molecule has 0 saturated carbocycles. The summed E-state index contributed by atoms with van der Waals surface area (Å²) in [7, 11) is 1.61. The summed E-state index contributed by atoms with van der Waals surface area (Å²) >= 11 is 0. The van der Waals surface area contributed by atoms with Gasteiger partial charge in [-0.25, -0.2) is 15.5 Å². The summed E-state index contributed by atoms with van der Waals surface area (Å²) in [5.74, 6) is 1.72. The van der Waals surface area contributed by atoms with Crippen molar-refractivity contribution in [3.05, 3.63) is 41.5 Å². The Morgan fingerprint density at radius 2 is 2.00 bits per heavy atom. The zero-order valence-corrected chi connectivity index (χ0v) is 18.0. The molecule has 0 atom stereocenters. The zero-order chi connectivity index (χ0) is 22.5. The van der Waals surface area contributed by atoms with Crippen LogP contribution in [0.2, 0.25) is 0 Å². The van der Waals surface area contributed by atoms with Crippen molar-refractivity contribution in [1.82, 2.24) is 10.4 Å². The molecule has 0 aliphatic carbocycles. The number of amides is 1. The van der Waals surface area contributed by atoms with E-state index in [0.29, 0.717) is 36.8 Å². The van der Waals surface area contributed by atoms with Gasteiger partial charge in [-0.3, -0.25) is 10.0 Å². The third-order valence-corrected chi connectivity index (χ3v) is 5.49. The van der Waals surface area contributed by atoms with Crippen molar-refractivity contribution in [2.45, 2.75) is 38.6 Å². The number of unbranched alkanes of at least 4 members (excludes halogenated alkanes) is 3. The van der Waals surface area contributed by atoms with Crippen molar-refractivity contribution in [3.8, 4) is 11.5 Å². The van der Waals surface area contributed by atoms with E-state index in [-0.39, 0.29) is 5.91 Å². The molecule has 2 aromatic carbocycles. The van der Waals surface area contributed by atoms with Crippen LogP contribution < -0.4 is 20.7 Å². The molecule has 2 aromatic rings. The number of methoxy groups -OCH3 is 1. The molecule has 0 aromatic heterocycles. The topological polar surface area (TPSA) is 122 Å². The molecule has 0 fully saturated rings. The molecule has 2 aliphatic rings. The molecule has 168 valence electrons. The van der Waals surface area contributed by atoms with Gasteiger partial charge in [0.1, 0.15) is 5.84 Å². The van der Waals surface area contributed by atoms with Gasteiger partial charge in [0.05, 0.1) is 38.0 Å². The van der Waals surface area contributed by atoms with E-state index < -0.39 is 0 Å². The van der Waals surface area contributed by atoms with Crippen LogP contribution in [-0.4, -0.2) is 41.9 Å². The first-order valence-electron chi connectivity index (χ1n) is 10.6. The number of benzene rings is 2. The number of hydrogen-bond donors (Lipinski definition) is 3. The molecule has 1 amide bonds. The number of carbonyl (C=O) groups is 1. The van der Waals surface area contributed by atoms with Crippen molar-refractivity contribution >= 4 is 35.1 Å². The Hall–Kier alpha value is -3.59. The van der Waals surface area contributed by atoms with Crippen molar-refractivity contribution in [3.63, 3.8) is 0 Å². The number of ether oxygens (including phenoxy) is 2. The van der Waals surface area contributed by atoms with E-state index in [1.54, 1.807) is 18.9 Å². The third kappa shape index (κ3) is 4.67. The summed E-state index contributed by atoms with van der Waals surface area (Å²) in [6, 6.07) is 9.55.